The van der Waals surface area contributed by atoms with Gasteiger partial charge in [0.15, 0.2) is 0 Å². The van der Waals surface area contributed by atoms with Crippen LogP contribution in [0.3, 0.4) is 0 Å². The number of hydrogen-bond donors (Lipinski definition) is 1. The fraction of sp³-hybridized carbons (Fsp3) is 0.462. The molecule has 0 spiro atoms. The van der Waals surface area contributed by atoms with Crippen molar-refractivity contribution in [3.63, 3.8) is 0 Å². The van der Waals surface area contributed by atoms with E-state index in [1.165, 1.54) is 7.11 Å². The lowest BCUT2D eigenvalue weighted by molar-refractivity contribution is -0.264. The molecule has 0 saturated carbocycles. The van der Waals surface area contributed by atoms with Gasteiger partial charge in [0, 0.05) is 12.8 Å². The van der Waals surface area contributed by atoms with Gasteiger partial charge in [-0.05, 0) is 17.7 Å². The summed E-state index contributed by atoms with van der Waals surface area (Å²) in [6.45, 7) is 2.29. The van der Waals surface area contributed by atoms with Crippen molar-refractivity contribution in [2.24, 2.45) is 0 Å². The van der Waals surface area contributed by atoms with Gasteiger partial charge in [-0.3, -0.25) is 0 Å². The number of hydrogen-bond acceptors (Lipinski definition) is 5. The first-order valence-electron chi connectivity index (χ1n) is 5.70. The maximum Gasteiger partial charge on any atom is 0.366 e. The molecule has 1 saturated heterocycles. The monoisotopic (exact) mass is 252 g/mol. The molecule has 5 heteroatoms. The fourth-order valence-electron chi connectivity index (χ4n) is 1.85. The predicted molar refractivity (Wildman–Crippen MR) is 63.2 cm³/mol. The Kier molecular flexibility index (Phi) is 3.54. The highest BCUT2D eigenvalue weighted by atomic mass is 16.7. The first-order chi connectivity index (χ1) is 8.55. The van der Waals surface area contributed by atoms with Crippen LogP contribution in [0.15, 0.2) is 24.3 Å². The van der Waals surface area contributed by atoms with E-state index < -0.39 is 11.8 Å². The summed E-state index contributed by atoms with van der Waals surface area (Å²) in [6, 6.07) is 6.86. The van der Waals surface area contributed by atoms with E-state index in [1.54, 1.807) is 19.1 Å². The van der Waals surface area contributed by atoms with Crippen LogP contribution in [-0.4, -0.2) is 37.2 Å². The molecule has 1 heterocycles. The van der Waals surface area contributed by atoms with E-state index in [4.69, 9.17) is 9.47 Å². The highest BCUT2D eigenvalue weighted by molar-refractivity contribution is 5.77. The van der Waals surface area contributed by atoms with Crippen molar-refractivity contribution >= 4 is 5.97 Å². The van der Waals surface area contributed by atoms with Crippen LogP contribution in [0.25, 0.3) is 0 Å². The van der Waals surface area contributed by atoms with Crippen molar-refractivity contribution in [2.75, 3.05) is 20.3 Å². The summed E-state index contributed by atoms with van der Waals surface area (Å²) < 4.78 is 15.5. The Bertz CT molecular complexity index is 418. The maximum atomic E-state index is 11.5. The second kappa shape index (κ2) is 4.96. The fourth-order valence-corrected chi connectivity index (χ4v) is 1.85. The van der Waals surface area contributed by atoms with Gasteiger partial charge in [-0.2, -0.15) is 0 Å². The molecule has 1 aromatic carbocycles. The Morgan fingerprint density at radius 2 is 1.89 bits per heavy atom. The summed E-state index contributed by atoms with van der Waals surface area (Å²) >= 11 is 0. The second-order valence-electron chi connectivity index (χ2n) is 4.35. The van der Waals surface area contributed by atoms with Crippen molar-refractivity contribution in [3.8, 4) is 5.75 Å². The summed E-state index contributed by atoms with van der Waals surface area (Å²) in [5.74, 6) is -1.59. The van der Waals surface area contributed by atoms with E-state index in [0.29, 0.717) is 13.2 Å². The molecule has 0 aliphatic carbocycles. The van der Waals surface area contributed by atoms with Gasteiger partial charge in [-0.25, -0.2) is 4.79 Å². The Morgan fingerprint density at radius 3 is 2.39 bits per heavy atom. The van der Waals surface area contributed by atoms with Gasteiger partial charge < -0.3 is 19.3 Å². The summed E-state index contributed by atoms with van der Waals surface area (Å²) in [5.41, 5.74) is 1.000. The number of phenols is 1. The Balaban J connectivity index is 2.02. The molecule has 5 nitrogen and oxygen atoms in total. The van der Waals surface area contributed by atoms with E-state index in [-0.39, 0.29) is 11.7 Å². The van der Waals surface area contributed by atoms with Crippen LogP contribution in [0, 0.1) is 0 Å². The van der Waals surface area contributed by atoms with E-state index in [0.717, 1.165) is 5.56 Å². The Hall–Kier alpha value is -1.59. The summed E-state index contributed by atoms with van der Waals surface area (Å²) in [7, 11) is 1.30. The molecule has 0 aromatic heterocycles. The van der Waals surface area contributed by atoms with Gasteiger partial charge in [0.1, 0.15) is 5.75 Å². The van der Waals surface area contributed by atoms with Crippen LogP contribution in [0.5, 0.6) is 5.75 Å². The molecule has 1 aliphatic rings. The molecule has 1 aromatic rings. The largest absolute Gasteiger partial charge is 0.508 e. The minimum atomic E-state index is -1.32. The number of aromatic hydroxyl groups is 1. The standard InChI is InChI=1S/C13H16O5/c1-13(12(15)16-2)17-7-10(8-18-13)9-3-5-11(14)6-4-9/h3-6,10,14H,7-8H2,1-2H3/t10-,13-. The first-order valence-corrected chi connectivity index (χ1v) is 5.70. The number of carbonyl (C=O) groups is 1. The molecule has 0 atom stereocenters. The third-order valence-electron chi connectivity index (χ3n) is 3.04. The third-order valence-corrected chi connectivity index (χ3v) is 3.04. The average molecular weight is 252 g/mol. The van der Waals surface area contributed by atoms with Crippen LogP contribution < -0.4 is 0 Å². The molecule has 1 fully saturated rings. The van der Waals surface area contributed by atoms with E-state index >= 15 is 0 Å². The number of methoxy groups -OCH3 is 1. The lowest BCUT2D eigenvalue weighted by atomic mass is 9.99. The van der Waals surface area contributed by atoms with Crippen molar-refractivity contribution in [2.45, 2.75) is 18.6 Å². The first kappa shape index (κ1) is 12.9. The Morgan fingerprint density at radius 1 is 1.33 bits per heavy atom. The minimum Gasteiger partial charge on any atom is -0.508 e. The van der Waals surface area contributed by atoms with Crippen molar-refractivity contribution in [3.05, 3.63) is 29.8 Å². The van der Waals surface area contributed by atoms with E-state index in [1.807, 2.05) is 12.1 Å². The summed E-state index contributed by atoms with van der Waals surface area (Å²) in [4.78, 5) is 11.5. The third kappa shape index (κ3) is 2.47. The SMILES string of the molecule is COC(=O)[C@]1(C)OC[C@@H](c2ccc(O)cc2)CO1. The van der Waals surface area contributed by atoms with Crippen LogP contribution in [0.1, 0.15) is 18.4 Å². The van der Waals surface area contributed by atoms with Gasteiger partial charge in [0.05, 0.1) is 20.3 Å². The zero-order chi connectivity index (χ0) is 13.2. The lowest BCUT2D eigenvalue weighted by Gasteiger charge is -2.35. The molecule has 1 aliphatic heterocycles. The normalized spacial score (nSPS) is 27.8. The molecule has 0 amide bonds. The van der Waals surface area contributed by atoms with Gasteiger partial charge in [-0.1, -0.05) is 12.1 Å². The van der Waals surface area contributed by atoms with E-state index in [2.05, 4.69) is 4.74 Å². The predicted octanol–water partition coefficient (Wildman–Crippen LogP) is 1.41. The highest BCUT2D eigenvalue weighted by Gasteiger charge is 2.41. The number of phenolic OH excluding ortho intramolecular Hbond substituents is 1. The summed E-state index contributed by atoms with van der Waals surface area (Å²) in [5, 5.41) is 9.22. The quantitative estimate of drug-likeness (QED) is 0.806. The average Bonchev–Trinajstić information content (AvgIpc) is 2.40. The van der Waals surface area contributed by atoms with E-state index in [9.17, 15) is 9.90 Å². The molecule has 1 N–H and O–H groups in total. The van der Waals surface area contributed by atoms with Crippen LogP contribution in [-0.2, 0) is 19.0 Å². The number of esters is 1. The smallest absolute Gasteiger partial charge is 0.366 e. The van der Waals surface area contributed by atoms with Gasteiger partial charge in [-0.15, -0.1) is 0 Å². The van der Waals surface area contributed by atoms with Gasteiger partial charge in [0.25, 0.3) is 5.79 Å². The maximum absolute atomic E-state index is 11.5. The zero-order valence-electron chi connectivity index (χ0n) is 10.4. The van der Waals surface area contributed by atoms with Gasteiger partial charge >= 0.3 is 5.97 Å². The number of benzene rings is 1. The van der Waals surface area contributed by atoms with Crippen LogP contribution in [0.4, 0.5) is 0 Å². The topological polar surface area (TPSA) is 65.0 Å². The minimum absolute atomic E-state index is 0.0448. The molecular formula is C13H16O5. The van der Waals surface area contributed by atoms with Gasteiger partial charge in [0.2, 0.25) is 0 Å². The molecule has 18 heavy (non-hydrogen) atoms. The van der Waals surface area contributed by atoms with Crippen LogP contribution >= 0.6 is 0 Å². The number of ether oxygens (including phenoxy) is 3. The number of rotatable bonds is 2. The van der Waals surface area contributed by atoms with Crippen molar-refractivity contribution in [1.29, 1.82) is 0 Å². The highest BCUT2D eigenvalue weighted by Crippen LogP contribution is 2.29. The lowest BCUT2D eigenvalue weighted by Crippen LogP contribution is -2.47. The second-order valence-corrected chi connectivity index (χ2v) is 4.35. The molecule has 0 radical (unpaired) electrons. The molecule has 0 unspecified atom stereocenters. The zero-order valence-corrected chi connectivity index (χ0v) is 10.4. The molecule has 2 rings (SSSR count). The van der Waals surface area contributed by atoms with Crippen LogP contribution in [0.2, 0.25) is 0 Å². The molecule has 98 valence electrons. The Labute approximate surface area is 105 Å². The van der Waals surface area contributed by atoms with Crippen molar-refractivity contribution in [1.82, 2.24) is 0 Å². The molecule has 0 bridgehead atoms. The summed E-state index contributed by atoms with van der Waals surface area (Å²) in [6.07, 6.45) is 0. The molecular weight excluding hydrogens is 236 g/mol. The van der Waals surface area contributed by atoms with Crippen molar-refractivity contribution < 1.29 is 24.1 Å². The number of carbonyl (C=O) groups excluding carboxylic acids is 1.